The van der Waals surface area contributed by atoms with Gasteiger partial charge in [0, 0.05) is 16.4 Å². The number of alkyl halides is 1. The summed E-state index contributed by atoms with van der Waals surface area (Å²) < 4.78 is 13.4. The highest BCUT2D eigenvalue weighted by Gasteiger charge is 2.14. The third-order valence-electron chi connectivity index (χ3n) is 2.36. The molecule has 17 heavy (non-hydrogen) atoms. The van der Waals surface area contributed by atoms with Gasteiger partial charge in [0.2, 0.25) is 0 Å². The third kappa shape index (κ3) is 4.28. The zero-order valence-electron chi connectivity index (χ0n) is 9.64. The molecule has 0 aliphatic heterocycles. The van der Waals surface area contributed by atoms with Crippen LogP contribution in [0.2, 0.25) is 5.02 Å². The van der Waals surface area contributed by atoms with Gasteiger partial charge in [0.25, 0.3) is 5.91 Å². The van der Waals surface area contributed by atoms with Crippen molar-refractivity contribution in [1.29, 1.82) is 0 Å². The number of halogens is 3. The Bertz CT molecular complexity index is 411. The van der Waals surface area contributed by atoms with Gasteiger partial charge in [-0.2, -0.15) is 0 Å². The normalized spacial score (nSPS) is 12.6. The summed E-state index contributed by atoms with van der Waals surface area (Å²) in [5.41, 5.74) is 0.0119. The average Bonchev–Trinajstić information content (AvgIpc) is 2.25. The van der Waals surface area contributed by atoms with E-state index >= 15 is 0 Å². The molecule has 0 bridgehead atoms. The zero-order chi connectivity index (χ0) is 13.0. The van der Waals surface area contributed by atoms with E-state index < -0.39 is 11.7 Å². The summed E-state index contributed by atoms with van der Waals surface area (Å²) >= 11 is 9.06. The number of nitrogens with one attached hydrogen (secondary N) is 1. The molecule has 0 spiro atoms. The van der Waals surface area contributed by atoms with Crippen LogP contribution in [0.3, 0.4) is 0 Å². The maximum Gasteiger partial charge on any atom is 0.254 e. The number of hydrogen-bond acceptors (Lipinski definition) is 1. The van der Waals surface area contributed by atoms with E-state index in [0.717, 1.165) is 6.07 Å². The smallest absolute Gasteiger partial charge is 0.254 e. The summed E-state index contributed by atoms with van der Waals surface area (Å²) in [5.74, 6) is -0.639. The monoisotopic (exact) mass is 321 g/mol. The molecule has 0 saturated carbocycles. The highest BCUT2D eigenvalue weighted by atomic mass is 79.9. The SMILES string of the molecule is CC(C)C(Br)CNC(=O)c1ccc(Cl)cc1F. The Morgan fingerprint density at radius 1 is 1.53 bits per heavy atom. The van der Waals surface area contributed by atoms with Crippen molar-refractivity contribution < 1.29 is 9.18 Å². The molecule has 1 aromatic rings. The van der Waals surface area contributed by atoms with Crippen LogP contribution in [0, 0.1) is 11.7 Å². The molecule has 0 fully saturated rings. The lowest BCUT2D eigenvalue weighted by molar-refractivity contribution is 0.0949. The molecule has 1 amide bonds. The van der Waals surface area contributed by atoms with E-state index in [4.69, 9.17) is 11.6 Å². The minimum atomic E-state index is -0.606. The lowest BCUT2D eigenvalue weighted by Gasteiger charge is -2.14. The topological polar surface area (TPSA) is 29.1 Å². The summed E-state index contributed by atoms with van der Waals surface area (Å²) in [4.78, 5) is 11.9. The number of carbonyl (C=O) groups excluding carboxylic acids is 1. The molecule has 0 radical (unpaired) electrons. The minimum absolute atomic E-state index is 0.0119. The first-order chi connectivity index (χ1) is 7.91. The highest BCUT2D eigenvalue weighted by molar-refractivity contribution is 9.09. The molecule has 1 rings (SSSR count). The first-order valence-corrected chi connectivity index (χ1v) is 6.58. The van der Waals surface area contributed by atoms with Gasteiger partial charge >= 0.3 is 0 Å². The maximum absolute atomic E-state index is 13.4. The fourth-order valence-electron chi connectivity index (χ4n) is 1.19. The van der Waals surface area contributed by atoms with Gasteiger partial charge in [-0.3, -0.25) is 4.79 Å². The standard InChI is InChI=1S/C12H14BrClFNO/c1-7(2)10(13)6-16-12(17)9-4-3-8(14)5-11(9)15/h3-5,7,10H,6H2,1-2H3,(H,16,17). The molecule has 1 atom stereocenters. The van der Waals surface area contributed by atoms with Crippen LogP contribution in [0.4, 0.5) is 4.39 Å². The largest absolute Gasteiger partial charge is 0.351 e. The molecule has 0 heterocycles. The fraction of sp³-hybridized carbons (Fsp3) is 0.417. The van der Waals surface area contributed by atoms with Crippen LogP contribution in [0.5, 0.6) is 0 Å². The molecule has 0 saturated heterocycles. The Morgan fingerprint density at radius 3 is 2.71 bits per heavy atom. The lowest BCUT2D eigenvalue weighted by Crippen LogP contribution is -2.32. The Kier molecular flexibility index (Phi) is 5.40. The minimum Gasteiger partial charge on any atom is -0.351 e. The Labute approximate surface area is 114 Å². The van der Waals surface area contributed by atoms with Crippen molar-refractivity contribution in [2.45, 2.75) is 18.7 Å². The Hall–Kier alpha value is -0.610. The van der Waals surface area contributed by atoms with Crippen molar-refractivity contribution in [3.05, 3.63) is 34.6 Å². The second kappa shape index (κ2) is 6.36. The van der Waals surface area contributed by atoms with Gasteiger partial charge in [0.15, 0.2) is 0 Å². The molecule has 2 nitrogen and oxygen atoms in total. The van der Waals surface area contributed by atoms with Crippen molar-refractivity contribution in [3.63, 3.8) is 0 Å². The van der Waals surface area contributed by atoms with Gasteiger partial charge in [0.1, 0.15) is 5.82 Å². The van der Waals surface area contributed by atoms with E-state index in [1.807, 2.05) is 13.8 Å². The summed E-state index contributed by atoms with van der Waals surface area (Å²) in [6.07, 6.45) is 0. The third-order valence-corrected chi connectivity index (χ3v) is 3.97. The van der Waals surface area contributed by atoms with Crippen molar-refractivity contribution in [2.24, 2.45) is 5.92 Å². The summed E-state index contributed by atoms with van der Waals surface area (Å²) in [6.45, 7) is 4.53. The van der Waals surface area contributed by atoms with E-state index in [1.54, 1.807) is 0 Å². The van der Waals surface area contributed by atoms with Crippen LogP contribution in [-0.4, -0.2) is 17.3 Å². The number of hydrogen-bond donors (Lipinski definition) is 1. The van der Waals surface area contributed by atoms with Crippen LogP contribution >= 0.6 is 27.5 Å². The van der Waals surface area contributed by atoms with Gasteiger partial charge in [-0.15, -0.1) is 0 Å². The van der Waals surface area contributed by atoms with Gasteiger partial charge < -0.3 is 5.32 Å². The van der Waals surface area contributed by atoms with Gasteiger partial charge in [-0.05, 0) is 24.1 Å². The van der Waals surface area contributed by atoms with E-state index in [9.17, 15) is 9.18 Å². The van der Waals surface area contributed by atoms with Crippen LogP contribution in [0.25, 0.3) is 0 Å². The molecule has 1 N–H and O–H groups in total. The molecular weight excluding hydrogens is 308 g/mol. The van der Waals surface area contributed by atoms with Crippen LogP contribution in [0.15, 0.2) is 18.2 Å². The first kappa shape index (κ1) is 14.5. The summed E-state index contributed by atoms with van der Waals surface area (Å²) in [5, 5.41) is 2.95. The molecule has 1 unspecified atom stereocenters. The van der Waals surface area contributed by atoms with Gasteiger partial charge in [-0.1, -0.05) is 41.4 Å². The summed E-state index contributed by atoms with van der Waals surface area (Å²) in [7, 11) is 0. The molecule has 1 aromatic carbocycles. The van der Waals surface area contributed by atoms with Gasteiger partial charge in [0.05, 0.1) is 5.56 Å². The second-order valence-corrected chi connectivity index (χ2v) is 5.71. The number of amides is 1. The van der Waals surface area contributed by atoms with Crippen molar-refractivity contribution >= 4 is 33.4 Å². The van der Waals surface area contributed by atoms with Crippen molar-refractivity contribution in [1.82, 2.24) is 5.32 Å². The molecule has 0 aliphatic carbocycles. The van der Waals surface area contributed by atoms with Crippen LogP contribution in [-0.2, 0) is 0 Å². The number of rotatable bonds is 4. The van der Waals surface area contributed by atoms with Crippen molar-refractivity contribution in [3.8, 4) is 0 Å². The van der Waals surface area contributed by atoms with Crippen molar-refractivity contribution in [2.75, 3.05) is 6.54 Å². The maximum atomic E-state index is 13.4. The molecule has 5 heteroatoms. The summed E-state index contributed by atoms with van der Waals surface area (Å²) in [6, 6.07) is 4.00. The number of carbonyl (C=O) groups is 1. The lowest BCUT2D eigenvalue weighted by atomic mass is 10.1. The number of benzene rings is 1. The van der Waals surface area contributed by atoms with E-state index in [-0.39, 0.29) is 15.4 Å². The quantitative estimate of drug-likeness (QED) is 0.843. The van der Waals surface area contributed by atoms with Crippen LogP contribution < -0.4 is 5.32 Å². The molecule has 94 valence electrons. The average molecular weight is 323 g/mol. The predicted molar refractivity (Wildman–Crippen MR) is 71.3 cm³/mol. The predicted octanol–water partition coefficient (Wildman–Crippen LogP) is 3.63. The van der Waals surface area contributed by atoms with Gasteiger partial charge in [-0.25, -0.2) is 4.39 Å². The molecule has 0 aromatic heterocycles. The van der Waals surface area contributed by atoms with Crippen LogP contribution in [0.1, 0.15) is 24.2 Å². The zero-order valence-corrected chi connectivity index (χ0v) is 12.0. The fourth-order valence-corrected chi connectivity index (χ4v) is 1.52. The Morgan fingerprint density at radius 2 is 2.18 bits per heavy atom. The Balaban J connectivity index is 2.64. The molecular formula is C12H14BrClFNO. The highest BCUT2D eigenvalue weighted by Crippen LogP contribution is 2.15. The van der Waals surface area contributed by atoms with E-state index in [2.05, 4.69) is 21.2 Å². The second-order valence-electron chi connectivity index (χ2n) is 4.09. The van der Waals surface area contributed by atoms with E-state index in [0.29, 0.717) is 12.5 Å². The van der Waals surface area contributed by atoms with E-state index in [1.165, 1.54) is 12.1 Å². The first-order valence-electron chi connectivity index (χ1n) is 5.29. The molecule has 0 aliphatic rings.